The Hall–Kier alpha value is -1.98. The Morgan fingerprint density at radius 1 is 1.00 bits per heavy atom. The van der Waals surface area contributed by atoms with Gasteiger partial charge in [-0.15, -0.1) is 0 Å². The van der Waals surface area contributed by atoms with E-state index in [-0.39, 0.29) is 29.5 Å². The van der Waals surface area contributed by atoms with Crippen LogP contribution in [0.15, 0.2) is 47.4 Å². The number of likely N-dealkylation sites (N-methyl/N-ethyl adjacent to an activating group) is 1. The quantitative estimate of drug-likeness (QED) is 0.497. The summed E-state index contributed by atoms with van der Waals surface area (Å²) < 4.78 is 73.8. The Labute approximate surface area is 193 Å². The number of sulfonamides is 1. The molecule has 0 aliphatic carbocycles. The number of rotatable bonds is 12. The van der Waals surface area contributed by atoms with Gasteiger partial charge in [-0.25, -0.2) is 21.6 Å². The minimum absolute atomic E-state index is 0.0299. The normalized spacial score (nSPS) is 15.1. The van der Waals surface area contributed by atoms with E-state index in [1.807, 2.05) is 6.92 Å². The van der Waals surface area contributed by atoms with Crippen LogP contribution in [0.5, 0.6) is 0 Å². The van der Waals surface area contributed by atoms with E-state index in [9.17, 15) is 26.7 Å². The fourth-order valence-electron chi connectivity index (χ4n) is 3.56. The summed E-state index contributed by atoms with van der Waals surface area (Å²) >= 11 is 0. The summed E-state index contributed by atoms with van der Waals surface area (Å²) in [7, 11) is -0.786. The van der Waals surface area contributed by atoms with Crippen molar-refractivity contribution in [3.8, 4) is 0 Å². The summed E-state index contributed by atoms with van der Waals surface area (Å²) in [5, 5.41) is 9.65. The molecule has 0 heterocycles. The molecule has 0 spiro atoms. The third kappa shape index (κ3) is 7.25. The van der Waals surface area contributed by atoms with Crippen LogP contribution in [-0.2, 0) is 21.3 Å². The van der Waals surface area contributed by atoms with Crippen molar-refractivity contribution in [3.63, 3.8) is 0 Å². The zero-order valence-corrected chi connectivity index (χ0v) is 20.0. The maximum atomic E-state index is 14.0. The molecule has 6 nitrogen and oxygen atoms in total. The van der Waals surface area contributed by atoms with Gasteiger partial charge < -0.3 is 9.84 Å². The van der Waals surface area contributed by atoms with Crippen LogP contribution in [0.1, 0.15) is 19.4 Å². The van der Waals surface area contributed by atoms with E-state index in [0.717, 1.165) is 30.3 Å². The van der Waals surface area contributed by atoms with Crippen LogP contribution >= 0.6 is 0 Å². The third-order valence-electron chi connectivity index (χ3n) is 5.52. The summed E-state index contributed by atoms with van der Waals surface area (Å²) in [6.07, 6.45) is -0.441. The largest absolute Gasteiger partial charge is 0.395 e. The zero-order valence-electron chi connectivity index (χ0n) is 19.2. The van der Waals surface area contributed by atoms with Gasteiger partial charge in [-0.1, -0.05) is 6.92 Å². The number of ether oxygens (including phenoxy) is 1. The molecule has 0 aromatic heterocycles. The number of nitrogens with zero attached hydrogens (tertiary/aromatic N) is 2. The lowest BCUT2D eigenvalue weighted by Gasteiger charge is -2.33. The fraction of sp³-hybridized carbons (Fsp3) is 0.478. The van der Waals surface area contributed by atoms with Crippen LogP contribution in [0.4, 0.5) is 13.2 Å². The molecule has 0 saturated heterocycles. The molecule has 3 atom stereocenters. The lowest BCUT2D eigenvalue weighted by atomic mass is 10.0. The van der Waals surface area contributed by atoms with Crippen molar-refractivity contribution in [1.29, 1.82) is 0 Å². The molecule has 2 rings (SSSR count). The lowest BCUT2D eigenvalue weighted by molar-refractivity contribution is 0.0219. The Bertz CT molecular complexity index is 1010. The van der Waals surface area contributed by atoms with E-state index in [4.69, 9.17) is 4.74 Å². The number of hydrogen-bond donors (Lipinski definition) is 1. The maximum absolute atomic E-state index is 14.0. The van der Waals surface area contributed by atoms with Gasteiger partial charge in [-0.3, -0.25) is 4.90 Å². The number of halogens is 3. The van der Waals surface area contributed by atoms with Gasteiger partial charge in [0.25, 0.3) is 0 Å². The fourth-order valence-corrected chi connectivity index (χ4v) is 5.29. The van der Waals surface area contributed by atoms with E-state index in [1.54, 1.807) is 18.9 Å². The SMILES string of the molecule is CO[C@@H](CN(C)Cc1cc(F)ccc1F)[C@@H](C)CN([C@H](C)CO)S(=O)(=O)c1ccc(F)cc1. The molecule has 10 heteroatoms. The van der Waals surface area contributed by atoms with E-state index < -0.39 is 46.2 Å². The van der Waals surface area contributed by atoms with Crippen LogP contribution in [0.25, 0.3) is 0 Å². The summed E-state index contributed by atoms with van der Waals surface area (Å²) in [6, 6.07) is 7.03. The van der Waals surface area contributed by atoms with Crippen molar-refractivity contribution in [2.24, 2.45) is 5.92 Å². The molecule has 33 heavy (non-hydrogen) atoms. The topological polar surface area (TPSA) is 70.1 Å². The van der Waals surface area contributed by atoms with Crippen LogP contribution in [0.2, 0.25) is 0 Å². The number of benzene rings is 2. The van der Waals surface area contributed by atoms with Gasteiger partial charge in [0.1, 0.15) is 17.5 Å². The first kappa shape index (κ1) is 27.3. The zero-order chi connectivity index (χ0) is 24.8. The first-order valence-electron chi connectivity index (χ1n) is 10.5. The standard InChI is InChI=1S/C23H31F3N2O4S/c1-16(23(32-4)14-27(3)13-18-11-20(25)7-10-22(18)26)12-28(17(2)15-29)33(30,31)21-8-5-19(24)6-9-21/h5-11,16-17,23,29H,12-15H2,1-4H3/t16-,17+,23-/m0/s1. The van der Waals surface area contributed by atoms with Crippen molar-refractivity contribution in [2.75, 3.05) is 33.9 Å². The first-order chi connectivity index (χ1) is 15.5. The number of methoxy groups -OCH3 is 1. The highest BCUT2D eigenvalue weighted by molar-refractivity contribution is 7.89. The summed E-state index contributed by atoms with van der Waals surface area (Å²) in [5.41, 5.74) is 0.203. The molecule has 184 valence electrons. The molecule has 0 aliphatic heterocycles. The van der Waals surface area contributed by atoms with E-state index in [0.29, 0.717) is 6.54 Å². The second kappa shape index (κ2) is 11.9. The molecule has 0 aliphatic rings. The van der Waals surface area contributed by atoms with Crippen molar-refractivity contribution in [3.05, 3.63) is 65.5 Å². The van der Waals surface area contributed by atoms with Gasteiger partial charge in [-0.2, -0.15) is 4.31 Å². The first-order valence-corrected chi connectivity index (χ1v) is 12.0. The number of aliphatic hydroxyl groups excluding tert-OH is 1. The lowest BCUT2D eigenvalue weighted by Crippen LogP contribution is -2.46. The highest BCUT2D eigenvalue weighted by atomic mass is 32.2. The van der Waals surface area contributed by atoms with E-state index >= 15 is 0 Å². The van der Waals surface area contributed by atoms with E-state index in [2.05, 4.69) is 0 Å². The van der Waals surface area contributed by atoms with Crippen LogP contribution in [0.3, 0.4) is 0 Å². The number of hydrogen-bond acceptors (Lipinski definition) is 5. The third-order valence-corrected chi connectivity index (χ3v) is 7.52. The molecule has 0 saturated carbocycles. The van der Waals surface area contributed by atoms with Gasteiger partial charge in [0.2, 0.25) is 10.0 Å². The monoisotopic (exact) mass is 488 g/mol. The Morgan fingerprint density at radius 3 is 2.18 bits per heavy atom. The molecule has 1 N–H and O–H groups in total. The average molecular weight is 489 g/mol. The smallest absolute Gasteiger partial charge is 0.243 e. The Balaban J connectivity index is 2.16. The number of aliphatic hydroxyl groups is 1. The van der Waals surface area contributed by atoms with Crippen molar-refractivity contribution in [2.45, 2.75) is 37.4 Å². The molecule has 0 fully saturated rings. The Kier molecular flexibility index (Phi) is 9.86. The van der Waals surface area contributed by atoms with Crippen LogP contribution < -0.4 is 0 Å². The summed E-state index contributed by atoms with van der Waals surface area (Å²) in [5.74, 6) is -1.92. The van der Waals surface area contributed by atoms with Crippen LogP contribution in [-0.4, -0.2) is 68.7 Å². The molecule has 0 amide bonds. The highest BCUT2D eigenvalue weighted by Gasteiger charge is 2.32. The van der Waals surface area contributed by atoms with Gasteiger partial charge in [0, 0.05) is 38.3 Å². The summed E-state index contributed by atoms with van der Waals surface area (Å²) in [6.45, 7) is 3.48. The highest BCUT2D eigenvalue weighted by Crippen LogP contribution is 2.22. The molecule has 2 aromatic carbocycles. The van der Waals surface area contributed by atoms with Crippen molar-refractivity contribution >= 4 is 10.0 Å². The molecule has 0 unspecified atom stereocenters. The molecular formula is C23H31F3N2O4S. The average Bonchev–Trinajstić information content (AvgIpc) is 2.77. The minimum atomic E-state index is -4.01. The van der Waals surface area contributed by atoms with Gasteiger partial charge in [0.05, 0.1) is 17.6 Å². The van der Waals surface area contributed by atoms with Crippen molar-refractivity contribution in [1.82, 2.24) is 9.21 Å². The predicted molar refractivity (Wildman–Crippen MR) is 119 cm³/mol. The van der Waals surface area contributed by atoms with Crippen molar-refractivity contribution < 1.29 is 31.4 Å². The Morgan fingerprint density at radius 2 is 1.61 bits per heavy atom. The molecule has 0 radical (unpaired) electrons. The second-order valence-corrected chi connectivity index (χ2v) is 10.1. The summed E-state index contributed by atoms with van der Waals surface area (Å²) in [4.78, 5) is 1.68. The van der Waals surface area contributed by atoms with Gasteiger partial charge in [0.15, 0.2) is 0 Å². The molecule has 0 bridgehead atoms. The van der Waals surface area contributed by atoms with Crippen LogP contribution in [0, 0.1) is 23.4 Å². The second-order valence-electron chi connectivity index (χ2n) is 8.24. The van der Waals surface area contributed by atoms with Gasteiger partial charge >= 0.3 is 0 Å². The van der Waals surface area contributed by atoms with Gasteiger partial charge in [-0.05, 0) is 62.4 Å². The maximum Gasteiger partial charge on any atom is 0.243 e. The predicted octanol–water partition coefficient (Wildman–Crippen LogP) is 3.26. The minimum Gasteiger partial charge on any atom is -0.395 e. The molecule has 2 aromatic rings. The molecular weight excluding hydrogens is 457 g/mol. The van der Waals surface area contributed by atoms with E-state index in [1.165, 1.54) is 23.5 Å².